The Kier molecular flexibility index (Phi) is 4.35. The van der Waals surface area contributed by atoms with Crippen LogP contribution < -0.4 is 14.8 Å². The van der Waals surface area contributed by atoms with Crippen molar-refractivity contribution in [1.82, 2.24) is 9.88 Å². The van der Waals surface area contributed by atoms with Gasteiger partial charge >= 0.3 is 0 Å². The highest BCUT2D eigenvalue weighted by Crippen LogP contribution is 2.30. The summed E-state index contributed by atoms with van der Waals surface area (Å²) in [5, 5.41) is 2.94. The molecule has 0 fully saturated rings. The van der Waals surface area contributed by atoms with Crippen LogP contribution in [-0.2, 0) is 0 Å². The van der Waals surface area contributed by atoms with Gasteiger partial charge in [-0.05, 0) is 48.9 Å². The van der Waals surface area contributed by atoms with Crippen molar-refractivity contribution in [2.75, 3.05) is 13.2 Å². The molecule has 2 aromatic carbocycles. The third-order valence-electron chi connectivity index (χ3n) is 4.41. The molecule has 1 aliphatic heterocycles. The first kappa shape index (κ1) is 16.3. The standard InChI is InChI=1S/C21H20N2O3/c1-15-8-9-16(12-18(15)23-10-4-5-11-23)21(24)22-13-17-14-25-19-6-2-3-7-20(19)26-17/h2-12,17H,13-14H2,1H3,(H,22,24). The third-order valence-corrected chi connectivity index (χ3v) is 4.41. The third kappa shape index (κ3) is 3.28. The number of nitrogens with zero attached hydrogens (tertiary/aromatic N) is 1. The number of aromatic nitrogens is 1. The van der Waals surface area contributed by atoms with E-state index < -0.39 is 0 Å². The number of nitrogens with one attached hydrogen (secondary N) is 1. The summed E-state index contributed by atoms with van der Waals surface area (Å²) in [5.74, 6) is 1.33. The predicted octanol–water partition coefficient (Wildman–Crippen LogP) is 3.36. The fraction of sp³-hybridized carbons (Fsp3) is 0.190. The SMILES string of the molecule is Cc1ccc(C(=O)NCC2COc3ccccc3O2)cc1-n1cccc1. The van der Waals surface area contributed by atoms with Crippen molar-refractivity contribution in [2.45, 2.75) is 13.0 Å². The van der Waals surface area contributed by atoms with E-state index in [1.807, 2.05) is 78.5 Å². The molecule has 5 nitrogen and oxygen atoms in total. The minimum atomic E-state index is -0.205. The van der Waals surface area contributed by atoms with Gasteiger partial charge in [-0.3, -0.25) is 4.79 Å². The van der Waals surface area contributed by atoms with E-state index in [1.165, 1.54) is 0 Å². The van der Waals surface area contributed by atoms with Gasteiger partial charge in [0.1, 0.15) is 12.7 Å². The molecule has 5 heteroatoms. The molecular formula is C21H20N2O3. The van der Waals surface area contributed by atoms with Crippen LogP contribution >= 0.6 is 0 Å². The summed E-state index contributed by atoms with van der Waals surface area (Å²) >= 11 is 0. The van der Waals surface area contributed by atoms with Gasteiger partial charge in [-0.25, -0.2) is 0 Å². The van der Waals surface area contributed by atoms with Crippen molar-refractivity contribution in [3.8, 4) is 17.2 Å². The number of amides is 1. The van der Waals surface area contributed by atoms with Crippen LogP contribution in [0.2, 0.25) is 0 Å². The largest absolute Gasteiger partial charge is 0.486 e. The highest BCUT2D eigenvalue weighted by molar-refractivity contribution is 5.94. The Morgan fingerprint density at radius 1 is 1.12 bits per heavy atom. The molecule has 0 saturated heterocycles. The molecule has 0 bridgehead atoms. The lowest BCUT2D eigenvalue weighted by Crippen LogP contribution is -2.40. The lowest BCUT2D eigenvalue weighted by atomic mass is 10.1. The smallest absolute Gasteiger partial charge is 0.251 e. The molecule has 0 radical (unpaired) electrons. The lowest BCUT2D eigenvalue weighted by molar-refractivity contribution is 0.0789. The number of benzene rings is 2. The average Bonchev–Trinajstić information content (AvgIpc) is 3.21. The van der Waals surface area contributed by atoms with Gasteiger partial charge in [0.15, 0.2) is 11.5 Å². The summed E-state index contributed by atoms with van der Waals surface area (Å²) in [6.45, 7) is 2.83. The van der Waals surface area contributed by atoms with E-state index in [9.17, 15) is 4.79 Å². The quantitative estimate of drug-likeness (QED) is 0.787. The molecule has 132 valence electrons. The van der Waals surface area contributed by atoms with Crippen molar-refractivity contribution < 1.29 is 14.3 Å². The molecule has 1 aromatic heterocycles. The minimum Gasteiger partial charge on any atom is -0.486 e. The zero-order valence-corrected chi connectivity index (χ0v) is 14.5. The van der Waals surface area contributed by atoms with Gasteiger partial charge in [-0.15, -0.1) is 0 Å². The fourth-order valence-electron chi connectivity index (χ4n) is 3.00. The molecule has 1 N–H and O–H groups in total. The number of carbonyl (C=O) groups excluding carboxylic acids is 1. The topological polar surface area (TPSA) is 52.5 Å². The molecule has 0 spiro atoms. The Morgan fingerprint density at radius 2 is 1.88 bits per heavy atom. The maximum atomic E-state index is 12.5. The van der Waals surface area contributed by atoms with Crippen molar-refractivity contribution in [3.05, 3.63) is 78.1 Å². The van der Waals surface area contributed by atoms with Gasteiger partial charge in [0, 0.05) is 23.6 Å². The summed E-state index contributed by atoms with van der Waals surface area (Å²) in [5.41, 5.74) is 2.73. The molecule has 1 atom stereocenters. The van der Waals surface area contributed by atoms with Crippen molar-refractivity contribution >= 4 is 5.91 Å². The summed E-state index contributed by atoms with van der Waals surface area (Å²) < 4.78 is 13.6. The van der Waals surface area contributed by atoms with E-state index in [0.29, 0.717) is 24.5 Å². The normalized spacial score (nSPS) is 15.5. The van der Waals surface area contributed by atoms with Gasteiger partial charge in [-0.2, -0.15) is 0 Å². The number of para-hydroxylation sites is 2. The number of carbonyl (C=O) groups is 1. The number of hydrogen-bond acceptors (Lipinski definition) is 3. The van der Waals surface area contributed by atoms with Crippen LogP contribution in [0, 0.1) is 6.92 Å². The van der Waals surface area contributed by atoms with Crippen molar-refractivity contribution in [3.63, 3.8) is 0 Å². The van der Waals surface area contributed by atoms with Crippen LogP contribution in [-0.4, -0.2) is 29.7 Å². The number of ether oxygens (including phenoxy) is 2. The zero-order chi connectivity index (χ0) is 17.9. The lowest BCUT2D eigenvalue weighted by Gasteiger charge is -2.26. The van der Waals surface area contributed by atoms with Crippen LogP contribution in [0.3, 0.4) is 0 Å². The zero-order valence-electron chi connectivity index (χ0n) is 14.5. The van der Waals surface area contributed by atoms with E-state index in [2.05, 4.69) is 5.32 Å². The van der Waals surface area contributed by atoms with Gasteiger partial charge < -0.3 is 19.4 Å². The fourth-order valence-corrected chi connectivity index (χ4v) is 3.00. The van der Waals surface area contributed by atoms with E-state index in [-0.39, 0.29) is 12.0 Å². The second-order valence-corrected chi connectivity index (χ2v) is 6.30. The van der Waals surface area contributed by atoms with E-state index in [4.69, 9.17) is 9.47 Å². The van der Waals surface area contributed by atoms with Gasteiger partial charge in [0.05, 0.1) is 6.54 Å². The molecule has 1 aliphatic rings. The van der Waals surface area contributed by atoms with Gasteiger partial charge in [-0.1, -0.05) is 18.2 Å². The number of rotatable bonds is 4. The predicted molar refractivity (Wildman–Crippen MR) is 99.2 cm³/mol. The maximum Gasteiger partial charge on any atom is 0.251 e. The monoisotopic (exact) mass is 348 g/mol. The van der Waals surface area contributed by atoms with Crippen LogP contribution in [0.5, 0.6) is 11.5 Å². The Morgan fingerprint density at radius 3 is 2.69 bits per heavy atom. The van der Waals surface area contributed by atoms with Crippen LogP contribution in [0.25, 0.3) is 5.69 Å². The molecule has 1 amide bonds. The number of hydrogen-bond donors (Lipinski definition) is 1. The number of aryl methyl sites for hydroxylation is 1. The molecular weight excluding hydrogens is 328 g/mol. The Balaban J connectivity index is 1.42. The highest BCUT2D eigenvalue weighted by atomic mass is 16.6. The Hall–Kier alpha value is -3.21. The Labute approximate surface area is 152 Å². The first-order valence-corrected chi connectivity index (χ1v) is 8.61. The second kappa shape index (κ2) is 6.96. The first-order valence-electron chi connectivity index (χ1n) is 8.61. The molecule has 4 rings (SSSR count). The molecule has 0 aliphatic carbocycles. The average molecular weight is 348 g/mol. The molecule has 3 aromatic rings. The minimum absolute atomic E-state index is 0.124. The Bertz CT molecular complexity index is 919. The summed E-state index contributed by atoms with van der Waals surface area (Å²) in [4.78, 5) is 12.5. The van der Waals surface area contributed by atoms with Crippen LogP contribution in [0.4, 0.5) is 0 Å². The summed E-state index contributed by atoms with van der Waals surface area (Å²) in [6.07, 6.45) is 3.73. The van der Waals surface area contributed by atoms with E-state index >= 15 is 0 Å². The highest BCUT2D eigenvalue weighted by Gasteiger charge is 2.21. The van der Waals surface area contributed by atoms with Gasteiger partial charge in [0.2, 0.25) is 0 Å². The van der Waals surface area contributed by atoms with Crippen molar-refractivity contribution in [1.29, 1.82) is 0 Å². The second-order valence-electron chi connectivity index (χ2n) is 6.30. The van der Waals surface area contributed by atoms with Crippen LogP contribution in [0.1, 0.15) is 15.9 Å². The van der Waals surface area contributed by atoms with E-state index in [0.717, 1.165) is 17.0 Å². The van der Waals surface area contributed by atoms with Crippen LogP contribution in [0.15, 0.2) is 67.0 Å². The number of fused-ring (bicyclic) bond motifs is 1. The maximum absolute atomic E-state index is 12.5. The molecule has 26 heavy (non-hydrogen) atoms. The molecule has 1 unspecified atom stereocenters. The summed E-state index contributed by atoms with van der Waals surface area (Å²) in [6, 6.07) is 17.2. The molecule has 2 heterocycles. The summed E-state index contributed by atoms with van der Waals surface area (Å²) in [7, 11) is 0. The van der Waals surface area contributed by atoms with Crippen molar-refractivity contribution in [2.24, 2.45) is 0 Å². The van der Waals surface area contributed by atoms with E-state index in [1.54, 1.807) is 0 Å². The van der Waals surface area contributed by atoms with Gasteiger partial charge in [0.25, 0.3) is 5.91 Å². The molecule has 0 saturated carbocycles. The first-order chi connectivity index (χ1) is 12.7.